The highest BCUT2D eigenvalue weighted by molar-refractivity contribution is 9.10. The summed E-state index contributed by atoms with van der Waals surface area (Å²) in [6.07, 6.45) is 1.70. The van der Waals surface area contributed by atoms with Gasteiger partial charge in [0.25, 0.3) is 0 Å². The van der Waals surface area contributed by atoms with Crippen LogP contribution in [0.4, 0.5) is 10.3 Å². The molecule has 2 heterocycles. The van der Waals surface area contributed by atoms with E-state index in [1.807, 2.05) is 6.92 Å². The molecule has 0 saturated carbocycles. The smallest absolute Gasteiger partial charge is 0.201 e. The number of hydrogen-bond donors (Lipinski definition) is 2. The highest BCUT2D eigenvalue weighted by atomic mass is 79.9. The predicted octanol–water partition coefficient (Wildman–Crippen LogP) is 2.69. The first-order valence-corrected chi connectivity index (χ1v) is 6.92. The molecule has 0 aliphatic heterocycles. The van der Waals surface area contributed by atoms with Crippen molar-refractivity contribution in [1.29, 1.82) is 0 Å². The van der Waals surface area contributed by atoms with E-state index in [1.165, 1.54) is 6.07 Å². The first-order valence-electron chi connectivity index (χ1n) is 6.13. The summed E-state index contributed by atoms with van der Waals surface area (Å²) >= 11 is 3.15. The lowest BCUT2D eigenvalue weighted by atomic mass is 10.3. The van der Waals surface area contributed by atoms with Crippen molar-refractivity contribution in [2.24, 2.45) is 0 Å². The van der Waals surface area contributed by atoms with Crippen LogP contribution in [0.1, 0.15) is 12.6 Å². The van der Waals surface area contributed by atoms with Crippen LogP contribution >= 0.6 is 15.9 Å². The van der Waals surface area contributed by atoms with E-state index >= 15 is 0 Å². The third-order valence-electron chi connectivity index (χ3n) is 2.96. The Hall–Kier alpha value is -1.96. The molecule has 0 aliphatic carbocycles. The van der Waals surface area contributed by atoms with Gasteiger partial charge in [0.05, 0.1) is 33.9 Å². The third-order valence-corrected chi connectivity index (χ3v) is 3.57. The lowest BCUT2D eigenvalue weighted by Gasteiger charge is -2.03. The molecular formula is C12H12BrFN6. The Morgan fingerprint density at radius 2 is 2.30 bits per heavy atom. The minimum absolute atomic E-state index is 0.319. The summed E-state index contributed by atoms with van der Waals surface area (Å²) in [4.78, 5) is 7.39. The molecule has 20 heavy (non-hydrogen) atoms. The number of hydrogen-bond acceptors (Lipinski definition) is 4. The number of aromatic amines is 1. The van der Waals surface area contributed by atoms with Crippen molar-refractivity contribution in [3.8, 4) is 0 Å². The molecule has 0 fully saturated rings. The standard InChI is InChI=1S/C12H12BrFN6/c1-2-20-7(6-16-19-20)5-15-12-17-10-3-8(13)9(14)4-11(10)18-12/h3-4,6H,2,5H2,1H3,(H2,15,17,18). The largest absolute Gasteiger partial charge is 0.350 e. The van der Waals surface area contributed by atoms with Crippen molar-refractivity contribution < 1.29 is 4.39 Å². The highest BCUT2D eigenvalue weighted by Gasteiger charge is 2.08. The average molecular weight is 339 g/mol. The molecule has 0 spiro atoms. The van der Waals surface area contributed by atoms with Crippen LogP contribution in [-0.2, 0) is 13.1 Å². The van der Waals surface area contributed by atoms with Gasteiger partial charge in [0.15, 0.2) is 0 Å². The summed E-state index contributed by atoms with van der Waals surface area (Å²) in [5.74, 6) is 0.266. The van der Waals surface area contributed by atoms with E-state index in [2.05, 4.69) is 41.5 Å². The number of H-pyrrole nitrogens is 1. The molecule has 2 aromatic heterocycles. The number of nitrogens with one attached hydrogen (secondary N) is 2. The predicted molar refractivity (Wildman–Crippen MR) is 76.8 cm³/mol. The average Bonchev–Trinajstić information content (AvgIpc) is 3.02. The van der Waals surface area contributed by atoms with E-state index in [0.717, 1.165) is 12.2 Å². The summed E-state index contributed by atoms with van der Waals surface area (Å²) < 4.78 is 15.6. The zero-order valence-corrected chi connectivity index (χ0v) is 12.3. The molecular weight excluding hydrogens is 327 g/mol. The number of benzene rings is 1. The van der Waals surface area contributed by atoms with Crippen LogP contribution < -0.4 is 5.32 Å². The fraction of sp³-hybridized carbons (Fsp3) is 0.250. The lowest BCUT2D eigenvalue weighted by Crippen LogP contribution is -2.08. The molecule has 104 valence electrons. The quantitative estimate of drug-likeness (QED) is 0.767. The molecule has 2 N–H and O–H groups in total. The maximum Gasteiger partial charge on any atom is 0.201 e. The fourth-order valence-corrected chi connectivity index (χ4v) is 2.28. The summed E-state index contributed by atoms with van der Waals surface area (Å²) in [5.41, 5.74) is 2.30. The molecule has 0 bridgehead atoms. The van der Waals surface area contributed by atoms with E-state index < -0.39 is 0 Å². The fourth-order valence-electron chi connectivity index (χ4n) is 1.95. The van der Waals surface area contributed by atoms with Gasteiger partial charge in [-0.25, -0.2) is 14.1 Å². The van der Waals surface area contributed by atoms with Crippen LogP contribution in [-0.4, -0.2) is 25.0 Å². The van der Waals surface area contributed by atoms with Crippen LogP contribution in [0.2, 0.25) is 0 Å². The molecule has 3 aromatic rings. The van der Waals surface area contributed by atoms with E-state index in [9.17, 15) is 4.39 Å². The number of aryl methyl sites for hydroxylation is 1. The Morgan fingerprint density at radius 3 is 3.10 bits per heavy atom. The highest BCUT2D eigenvalue weighted by Crippen LogP contribution is 2.23. The number of rotatable bonds is 4. The second-order valence-electron chi connectivity index (χ2n) is 4.26. The summed E-state index contributed by atoms with van der Waals surface area (Å²) in [5, 5.41) is 11.0. The van der Waals surface area contributed by atoms with Crippen LogP contribution in [0.15, 0.2) is 22.8 Å². The van der Waals surface area contributed by atoms with Gasteiger partial charge in [-0.15, -0.1) is 5.10 Å². The number of fused-ring (bicyclic) bond motifs is 1. The second-order valence-corrected chi connectivity index (χ2v) is 5.12. The number of nitrogens with zero attached hydrogens (tertiary/aromatic N) is 4. The topological polar surface area (TPSA) is 71.4 Å². The van der Waals surface area contributed by atoms with Crippen molar-refractivity contribution in [3.05, 3.63) is 34.3 Å². The first-order chi connectivity index (χ1) is 9.67. The molecule has 0 unspecified atom stereocenters. The summed E-state index contributed by atoms with van der Waals surface area (Å²) in [7, 11) is 0. The van der Waals surface area contributed by atoms with Crippen molar-refractivity contribution in [2.75, 3.05) is 5.32 Å². The summed E-state index contributed by atoms with van der Waals surface area (Å²) in [6, 6.07) is 3.06. The van der Waals surface area contributed by atoms with E-state index in [1.54, 1.807) is 16.9 Å². The van der Waals surface area contributed by atoms with Gasteiger partial charge in [0.1, 0.15) is 5.82 Å². The monoisotopic (exact) mass is 338 g/mol. The van der Waals surface area contributed by atoms with Crippen LogP contribution in [0.3, 0.4) is 0 Å². The van der Waals surface area contributed by atoms with Gasteiger partial charge in [-0.1, -0.05) is 5.21 Å². The van der Waals surface area contributed by atoms with Gasteiger partial charge in [-0.05, 0) is 28.9 Å². The molecule has 6 nitrogen and oxygen atoms in total. The minimum Gasteiger partial charge on any atom is -0.350 e. The molecule has 0 amide bonds. The van der Waals surface area contributed by atoms with Gasteiger partial charge in [0.2, 0.25) is 5.95 Å². The first kappa shape index (κ1) is 13.0. The SMILES string of the molecule is CCn1nncc1CNc1nc2cc(Br)c(F)cc2[nH]1. The third kappa shape index (κ3) is 2.38. The van der Waals surface area contributed by atoms with Crippen molar-refractivity contribution in [3.63, 3.8) is 0 Å². The second kappa shape index (κ2) is 5.20. The maximum absolute atomic E-state index is 13.4. The van der Waals surface area contributed by atoms with Crippen LogP contribution in [0, 0.1) is 5.82 Å². The van der Waals surface area contributed by atoms with Crippen LogP contribution in [0.5, 0.6) is 0 Å². The molecule has 1 aromatic carbocycles. The molecule has 0 aliphatic rings. The Balaban J connectivity index is 1.81. The van der Waals surface area contributed by atoms with Crippen molar-refractivity contribution in [1.82, 2.24) is 25.0 Å². The Bertz CT molecular complexity index is 711. The number of halogens is 2. The van der Waals surface area contributed by atoms with E-state index in [0.29, 0.717) is 28.0 Å². The Kier molecular flexibility index (Phi) is 3.39. The maximum atomic E-state index is 13.4. The Morgan fingerprint density at radius 1 is 1.45 bits per heavy atom. The number of aromatic nitrogens is 5. The van der Waals surface area contributed by atoms with Gasteiger partial charge in [0, 0.05) is 12.6 Å². The van der Waals surface area contributed by atoms with Crippen molar-refractivity contribution in [2.45, 2.75) is 20.0 Å². The molecule has 0 radical (unpaired) electrons. The van der Waals surface area contributed by atoms with Gasteiger partial charge in [-0.2, -0.15) is 0 Å². The molecule has 8 heteroatoms. The van der Waals surface area contributed by atoms with E-state index in [-0.39, 0.29) is 5.82 Å². The van der Waals surface area contributed by atoms with Crippen LogP contribution in [0.25, 0.3) is 11.0 Å². The molecule has 3 rings (SSSR count). The number of imidazole rings is 1. The molecule has 0 saturated heterocycles. The van der Waals surface area contributed by atoms with Gasteiger partial charge in [-0.3, -0.25) is 0 Å². The minimum atomic E-state index is -0.319. The van der Waals surface area contributed by atoms with E-state index in [4.69, 9.17) is 0 Å². The van der Waals surface area contributed by atoms with Gasteiger partial charge < -0.3 is 10.3 Å². The lowest BCUT2D eigenvalue weighted by molar-refractivity contribution is 0.601. The van der Waals surface area contributed by atoms with Crippen molar-refractivity contribution >= 4 is 32.9 Å². The molecule has 0 atom stereocenters. The zero-order chi connectivity index (χ0) is 14.1. The Labute approximate surface area is 122 Å². The van der Waals surface area contributed by atoms with Gasteiger partial charge >= 0.3 is 0 Å². The normalized spacial score (nSPS) is 11.2. The summed E-state index contributed by atoms with van der Waals surface area (Å²) in [6.45, 7) is 3.30. The number of anilines is 1. The zero-order valence-electron chi connectivity index (χ0n) is 10.7.